The lowest BCUT2D eigenvalue weighted by atomic mass is 10.1. The van der Waals surface area contributed by atoms with Crippen molar-refractivity contribution < 1.29 is 4.79 Å². The largest absolute Gasteiger partial charge is 0.345 e. The molecule has 0 aromatic heterocycles. The summed E-state index contributed by atoms with van der Waals surface area (Å²) in [6.07, 6.45) is 1.64. The maximum Gasteiger partial charge on any atom is 0.226 e. The Morgan fingerprint density at radius 2 is 2.11 bits per heavy atom. The van der Waals surface area contributed by atoms with Crippen LogP contribution in [0, 0.1) is 5.92 Å². The number of likely N-dealkylation sites (N-methyl/N-ethyl adjacent to an activating group) is 1. The number of carbonyl (C=O) groups is 1. The van der Waals surface area contributed by atoms with Crippen molar-refractivity contribution in [2.75, 3.05) is 33.7 Å². The lowest BCUT2D eigenvalue weighted by Crippen LogP contribution is -2.33. The maximum absolute atomic E-state index is 12.1. The monoisotopic (exact) mass is 280 g/mol. The molecule has 1 heterocycles. The van der Waals surface area contributed by atoms with Crippen molar-refractivity contribution in [1.82, 2.24) is 9.80 Å². The molecular formula is C15H21ClN2O. The Morgan fingerprint density at radius 1 is 1.42 bits per heavy atom. The van der Waals surface area contributed by atoms with Gasteiger partial charge in [-0.3, -0.25) is 4.79 Å². The van der Waals surface area contributed by atoms with Gasteiger partial charge in [-0.05, 0) is 43.6 Å². The van der Waals surface area contributed by atoms with Crippen LogP contribution in [-0.4, -0.2) is 49.4 Å². The molecular weight excluding hydrogens is 260 g/mol. The van der Waals surface area contributed by atoms with E-state index in [-0.39, 0.29) is 5.91 Å². The fourth-order valence-electron chi connectivity index (χ4n) is 2.58. The molecule has 3 nitrogen and oxygen atoms in total. The standard InChI is InChI=1S/C15H21ClN2O/c1-17-8-7-13(10-17)11-18(2)15(19)9-12-3-5-14(16)6-4-12/h3-6,13H,7-11H2,1-2H3/t13-/m0/s1. The number of hydrogen-bond donors (Lipinski definition) is 0. The Balaban J connectivity index is 1.83. The van der Waals surface area contributed by atoms with Crippen LogP contribution in [-0.2, 0) is 11.2 Å². The van der Waals surface area contributed by atoms with Crippen molar-refractivity contribution in [2.45, 2.75) is 12.8 Å². The lowest BCUT2D eigenvalue weighted by Gasteiger charge is -2.21. The van der Waals surface area contributed by atoms with Crippen molar-refractivity contribution in [2.24, 2.45) is 5.92 Å². The topological polar surface area (TPSA) is 23.6 Å². The molecule has 0 saturated carbocycles. The Hall–Kier alpha value is -1.06. The summed E-state index contributed by atoms with van der Waals surface area (Å²) in [5.74, 6) is 0.793. The van der Waals surface area contributed by atoms with E-state index in [1.54, 1.807) is 0 Å². The third kappa shape index (κ3) is 4.22. The summed E-state index contributed by atoms with van der Waals surface area (Å²) in [6, 6.07) is 7.49. The SMILES string of the molecule is CN1CC[C@H](CN(C)C(=O)Cc2ccc(Cl)cc2)C1. The van der Waals surface area contributed by atoms with Gasteiger partial charge >= 0.3 is 0 Å². The minimum absolute atomic E-state index is 0.178. The average molecular weight is 281 g/mol. The molecule has 1 fully saturated rings. The van der Waals surface area contributed by atoms with Crippen LogP contribution in [0.2, 0.25) is 5.02 Å². The molecule has 0 radical (unpaired) electrons. The van der Waals surface area contributed by atoms with Gasteiger partial charge in [0.15, 0.2) is 0 Å². The predicted octanol–water partition coefficient (Wildman–Crippen LogP) is 2.29. The highest BCUT2D eigenvalue weighted by Gasteiger charge is 2.22. The molecule has 19 heavy (non-hydrogen) atoms. The summed E-state index contributed by atoms with van der Waals surface area (Å²) in [4.78, 5) is 16.3. The number of halogens is 1. The zero-order valence-corrected chi connectivity index (χ0v) is 12.4. The van der Waals surface area contributed by atoms with E-state index in [2.05, 4.69) is 11.9 Å². The quantitative estimate of drug-likeness (QED) is 0.845. The number of likely N-dealkylation sites (tertiary alicyclic amines) is 1. The summed E-state index contributed by atoms with van der Waals surface area (Å²) >= 11 is 5.84. The van der Waals surface area contributed by atoms with E-state index in [1.807, 2.05) is 36.2 Å². The third-order valence-corrected chi connectivity index (χ3v) is 3.97. The molecule has 104 valence electrons. The van der Waals surface area contributed by atoms with Crippen LogP contribution in [0.25, 0.3) is 0 Å². The molecule has 4 heteroatoms. The third-order valence-electron chi connectivity index (χ3n) is 3.72. The van der Waals surface area contributed by atoms with E-state index in [4.69, 9.17) is 11.6 Å². The average Bonchev–Trinajstić information content (AvgIpc) is 2.77. The summed E-state index contributed by atoms with van der Waals surface area (Å²) in [7, 11) is 4.03. The first-order valence-electron chi connectivity index (χ1n) is 6.71. The van der Waals surface area contributed by atoms with Crippen LogP contribution in [0.3, 0.4) is 0 Å². The first kappa shape index (κ1) is 14.4. The number of amides is 1. The van der Waals surface area contributed by atoms with Crippen molar-refractivity contribution in [3.05, 3.63) is 34.9 Å². The highest BCUT2D eigenvalue weighted by atomic mass is 35.5. The van der Waals surface area contributed by atoms with Gasteiger partial charge in [-0.2, -0.15) is 0 Å². The fraction of sp³-hybridized carbons (Fsp3) is 0.533. The van der Waals surface area contributed by atoms with Crippen molar-refractivity contribution in [3.8, 4) is 0 Å². The maximum atomic E-state index is 12.1. The fourth-order valence-corrected chi connectivity index (χ4v) is 2.70. The van der Waals surface area contributed by atoms with Gasteiger partial charge in [0, 0.05) is 25.2 Å². The van der Waals surface area contributed by atoms with Crippen LogP contribution in [0.4, 0.5) is 0 Å². The van der Waals surface area contributed by atoms with Crippen LogP contribution in [0.5, 0.6) is 0 Å². The first-order chi connectivity index (χ1) is 9.04. The summed E-state index contributed by atoms with van der Waals surface area (Å²) in [5, 5.41) is 0.707. The van der Waals surface area contributed by atoms with E-state index < -0.39 is 0 Å². The van der Waals surface area contributed by atoms with Crippen LogP contribution in [0.1, 0.15) is 12.0 Å². The Morgan fingerprint density at radius 3 is 2.68 bits per heavy atom. The molecule has 1 aliphatic rings. The molecule has 1 aromatic carbocycles. The number of benzene rings is 1. The highest BCUT2D eigenvalue weighted by Crippen LogP contribution is 2.16. The van der Waals surface area contributed by atoms with Crippen molar-refractivity contribution >= 4 is 17.5 Å². The molecule has 1 amide bonds. The minimum Gasteiger partial charge on any atom is -0.345 e. The van der Waals surface area contributed by atoms with E-state index in [0.717, 1.165) is 25.2 Å². The van der Waals surface area contributed by atoms with Crippen LogP contribution in [0.15, 0.2) is 24.3 Å². The van der Waals surface area contributed by atoms with Gasteiger partial charge in [0.2, 0.25) is 5.91 Å². The van der Waals surface area contributed by atoms with Crippen molar-refractivity contribution in [1.29, 1.82) is 0 Å². The number of rotatable bonds is 4. The van der Waals surface area contributed by atoms with Gasteiger partial charge in [0.25, 0.3) is 0 Å². The molecule has 1 aromatic rings. The zero-order chi connectivity index (χ0) is 13.8. The molecule has 2 rings (SSSR count). The summed E-state index contributed by atoms with van der Waals surface area (Å²) in [5.41, 5.74) is 1.02. The van der Waals surface area contributed by atoms with Crippen LogP contribution >= 0.6 is 11.6 Å². The minimum atomic E-state index is 0.178. The molecule has 0 N–H and O–H groups in total. The number of carbonyl (C=O) groups excluding carboxylic acids is 1. The van der Waals surface area contributed by atoms with Gasteiger partial charge in [-0.25, -0.2) is 0 Å². The predicted molar refractivity (Wildman–Crippen MR) is 78.4 cm³/mol. The van der Waals surface area contributed by atoms with E-state index in [9.17, 15) is 4.79 Å². The van der Waals surface area contributed by atoms with Crippen LogP contribution < -0.4 is 0 Å². The Kier molecular flexibility index (Phi) is 4.83. The Labute approximate surface area is 120 Å². The van der Waals surface area contributed by atoms with Gasteiger partial charge in [0.1, 0.15) is 0 Å². The van der Waals surface area contributed by atoms with Gasteiger partial charge in [0.05, 0.1) is 6.42 Å². The van der Waals surface area contributed by atoms with E-state index in [1.165, 1.54) is 6.42 Å². The molecule has 0 aliphatic carbocycles. The summed E-state index contributed by atoms with van der Waals surface area (Å²) in [6.45, 7) is 3.10. The Bertz CT molecular complexity index is 432. The lowest BCUT2D eigenvalue weighted by molar-refractivity contribution is -0.129. The van der Waals surface area contributed by atoms with Gasteiger partial charge in [-0.15, -0.1) is 0 Å². The second-order valence-corrected chi connectivity index (χ2v) is 5.93. The van der Waals surface area contributed by atoms with E-state index in [0.29, 0.717) is 17.4 Å². The summed E-state index contributed by atoms with van der Waals surface area (Å²) < 4.78 is 0. The van der Waals surface area contributed by atoms with E-state index >= 15 is 0 Å². The molecule has 1 aliphatic heterocycles. The highest BCUT2D eigenvalue weighted by molar-refractivity contribution is 6.30. The van der Waals surface area contributed by atoms with Gasteiger partial charge in [-0.1, -0.05) is 23.7 Å². The normalized spacial score (nSPS) is 19.6. The second-order valence-electron chi connectivity index (χ2n) is 5.49. The molecule has 0 spiro atoms. The zero-order valence-electron chi connectivity index (χ0n) is 11.6. The van der Waals surface area contributed by atoms with Crippen molar-refractivity contribution in [3.63, 3.8) is 0 Å². The number of nitrogens with zero attached hydrogens (tertiary/aromatic N) is 2. The molecule has 0 unspecified atom stereocenters. The molecule has 1 saturated heterocycles. The van der Waals surface area contributed by atoms with Gasteiger partial charge < -0.3 is 9.80 Å². The smallest absolute Gasteiger partial charge is 0.226 e. The molecule has 1 atom stereocenters. The molecule has 0 bridgehead atoms. The number of hydrogen-bond acceptors (Lipinski definition) is 2. The second kappa shape index (κ2) is 6.40. The first-order valence-corrected chi connectivity index (χ1v) is 7.09.